The van der Waals surface area contributed by atoms with Crippen molar-refractivity contribution in [3.05, 3.63) is 53.6 Å². The maximum atomic E-state index is 16.7. The van der Waals surface area contributed by atoms with E-state index >= 15 is 4.39 Å². The number of esters is 1. The summed E-state index contributed by atoms with van der Waals surface area (Å²) in [5, 5.41) is 5.64. The van der Waals surface area contributed by atoms with Crippen LogP contribution in [-0.2, 0) is 64.5 Å². The van der Waals surface area contributed by atoms with Crippen LogP contribution in [0.5, 0.6) is 0 Å². The van der Waals surface area contributed by atoms with E-state index in [0.717, 1.165) is 33.6 Å². The Hall–Kier alpha value is -4.50. The number of aromatic nitrogens is 2. The first-order valence-electron chi connectivity index (χ1n) is 24.5. The number of anilines is 1. The Morgan fingerprint density at radius 3 is 2.52 bits per heavy atom. The predicted molar refractivity (Wildman–Crippen MR) is 266 cm³/mol. The van der Waals surface area contributed by atoms with Crippen LogP contribution in [-0.4, -0.2) is 149 Å². The van der Waals surface area contributed by atoms with Gasteiger partial charge in [0.25, 0.3) is 0 Å². The van der Waals surface area contributed by atoms with Crippen molar-refractivity contribution in [1.29, 1.82) is 0 Å². The molecule has 0 saturated carbocycles. The van der Waals surface area contributed by atoms with Crippen LogP contribution in [0.3, 0.4) is 0 Å². The van der Waals surface area contributed by atoms with Gasteiger partial charge in [-0.1, -0.05) is 0 Å². The first-order chi connectivity index (χ1) is 33.7. The van der Waals surface area contributed by atoms with Crippen molar-refractivity contribution in [3.63, 3.8) is 0 Å². The van der Waals surface area contributed by atoms with Crippen molar-refractivity contribution >= 4 is 68.0 Å². The summed E-state index contributed by atoms with van der Waals surface area (Å²) in [6.45, 7) is 19.9. The van der Waals surface area contributed by atoms with E-state index < -0.39 is 52.8 Å². The zero-order chi connectivity index (χ0) is 51.5. The number of morpholine rings is 1. The van der Waals surface area contributed by atoms with Gasteiger partial charge in [0.15, 0.2) is 0 Å². The number of aryl methyl sites for hydroxylation is 1. The number of rotatable bonds is 12. The van der Waals surface area contributed by atoms with E-state index in [4.69, 9.17) is 35.8 Å². The van der Waals surface area contributed by atoms with E-state index in [1.807, 2.05) is 47.7 Å². The van der Waals surface area contributed by atoms with Crippen molar-refractivity contribution < 1.29 is 60.3 Å². The second-order valence-corrected chi connectivity index (χ2v) is 21.8. The molecule has 6 heterocycles. The molecule has 3 saturated heterocycles. The van der Waals surface area contributed by atoms with E-state index in [0.29, 0.717) is 74.8 Å². The minimum absolute atomic E-state index is 0.0323. The fourth-order valence-corrected chi connectivity index (χ4v) is 12.1. The third-order valence-corrected chi connectivity index (χ3v) is 15.3. The van der Waals surface area contributed by atoms with Crippen molar-refractivity contribution in [2.75, 3.05) is 71.6 Å². The number of cyclic esters (lactones) is 1. The standard InChI is InChI=1S/C51H68ClF2N9O7.Os/c1-10-62-42-24-39(53)35-23-36(42)38(45(62)37-22-34(60-18-20-69-21-19-60)26-57-44(37)32(5)68-9)25-51(6,7)29-70-50(67)41-12-11-16-63(58-41)48(65)40(13-15-55-31(35)4)56-27-43(30(2)3)59(8)47(64)33-14-17-61(28-33)49(66)46(52)54;/h15,22-24,26,30,32-33,40-41,43,46,56,58H,4,10-14,16-21,25,28-29H2,1-3,5-9H3;/t32-,33-,40-,41-,43+,46-;/m0./s1. The van der Waals surface area contributed by atoms with Gasteiger partial charge < -0.3 is 14.4 Å². The number of halogens is 3. The Morgan fingerprint density at radius 2 is 1.85 bits per heavy atom. The first kappa shape index (κ1) is 54.3. The van der Waals surface area contributed by atoms with Gasteiger partial charge in [0.05, 0.1) is 36.9 Å². The number of alkyl halides is 2. The second kappa shape index (κ2) is 23.1. The first-order valence-corrected chi connectivity index (χ1v) is 26.2. The molecular weight excluding hydrogens is 1110 g/mol. The zero-order valence-corrected chi connectivity index (χ0v) is 45.3. The zero-order valence-electron chi connectivity index (χ0n) is 42.0. The SMILES string of the molecule is C=C1N=CC[C@H](N[C](=[Os])[C@H](C(C)C)N(C)C(=O)[C@H]2CCN(C(=O)[C@H](F)Cl)C2)C(=O)N2CCC[C@H](N2)C(=O)OCC(C)(C)Cc2c(-c3cc(N4CCOCC4)cnc3[C@H](C)OC)n(CC)c3cc(F)c1cc23. The van der Waals surface area contributed by atoms with Crippen LogP contribution in [0.2, 0.25) is 0 Å². The van der Waals surface area contributed by atoms with Crippen LogP contribution in [0, 0.1) is 23.1 Å². The van der Waals surface area contributed by atoms with Gasteiger partial charge in [-0.3, -0.25) is 4.98 Å². The molecule has 16 nitrogen and oxygen atoms in total. The van der Waals surface area contributed by atoms with E-state index in [1.165, 1.54) is 34.1 Å². The number of hydrogen-bond donors (Lipinski definition) is 2. The summed E-state index contributed by atoms with van der Waals surface area (Å²) in [4.78, 5) is 69.7. The molecule has 4 aliphatic rings. The number of amides is 3. The van der Waals surface area contributed by atoms with Gasteiger partial charge in [-0.2, -0.15) is 0 Å². The van der Waals surface area contributed by atoms with Gasteiger partial charge in [0.1, 0.15) is 0 Å². The number of carbonyl (C=O) groups is 4. The topological polar surface area (TPSA) is 163 Å². The summed E-state index contributed by atoms with van der Waals surface area (Å²) >= 11 is 6.97. The molecule has 20 heteroatoms. The summed E-state index contributed by atoms with van der Waals surface area (Å²) in [5.74, 6) is -3.14. The van der Waals surface area contributed by atoms with Gasteiger partial charge in [-0.15, -0.1) is 0 Å². The van der Waals surface area contributed by atoms with E-state index in [2.05, 4.69) is 32.9 Å². The Morgan fingerprint density at radius 1 is 1.11 bits per heavy atom. The number of benzene rings is 1. The van der Waals surface area contributed by atoms with Crippen LogP contribution in [0.25, 0.3) is 27.9 Å². The number of ether oxygens (including phenoxy) is 3. The molecule has 6 atom stereocenters. The molecule has 2 N–H and O–H groups in total. The van der Waals surface area contributed by atoms with Gasteiger partial charge in [0.2, 0.25) is 0 Å². The molecule has 0 unspecified atom stereocenters. The number of carbonyl (C=O) groups excluding carboxylic acids is 4. The third-order valence-electron chi connectivity index (χ3n) is 14.0. The molecule has 7 rings (SSSR count). The molecule has 4 aliphatic heterocycles. The summed E-state index contributed by atoms with van der Waals surface area (Å²) in [5.41, 5.74) is 5.65. The van der Waals surface area contributed by atoms with Gasteiger partial charge >= 0.3 is 324 Å². The van der Waals surface area contributed by atoms with Crippen LogP contribution >= 0.6 is 11.6 Å². The van der Waals surface area contributed by atoms with E-state index in [1.54, 1.807) is 31.3 Å². The number of pyridine rings is 1. The molecule has 71 heavy (non-hydrogen) atoms. The summed E-state index contributed by atoms with van der Waals surface area (Å²) in [6, 6.07) is 3.23. The quantitative estimate of drug-likeness (QED) is 0.163. The number of hydrazine groups is 1. The number of nitrogens with one attached hydrogen (secondary N) is 2. The van der Waals surface area contributed by atoms with Crippen LogP contribution in [0.4, 0.5) is 14.5 Å². The number of aliphatic imine (C=N–C) groups is 1. The van der Waals surface area contributed by atoms with Gasteiger partial charge in [-0.25, -0.2) is 0 Å². The molecule has 3 fully saturated rings. The number of hydrogen-bond acceptors (Lipinski definition) is 12. The molecule has 0 spiro atoms. The fourth-order valence-electron chi connectivity index (χ4n) is 10.2. The molecule has 0 aliphatic carbocycles. The summed E-state index contributed by atoms with van der Waals surface area (Å²) in [7, 11) is 3.33. The Balaban J connectivity index is 1.27. The molecule has 4 bridgehead atoms. The molecule has 2 aromatic heterocycles. The monoisotopic (exact) mass is 1180 g/mol. The third kappa shape index (κ3) is 12.0. The predicted octanol–water partition coefficient (Wildman–Crippen LogP) is 5.96. The molecule has 388 valence electrons. The Labute approximate surface area is 430 Å². The van der Waals surface area contributed by atoms with Crippen LogP contribution in [0.15, 0.2) is 36.0 Å². The van der Waals surface area contributed by atoms with Gasteiger partial charge in [0, 0.05) is 32.3 Å². The minimum atomic E-state index is -2.18. The Bertz CT molecular complexity index is 2550. The number of fused-ring (bicyclic) bond motifs is 3. The average molecular weight is 1180 g/mol. The fraction of sp³-hybridized carbons (Fsp3) is 0.588. The summed E-state index contributed by atoms with van der Waals surface area (Å²) < 4.78 is 50.9. The molecular formula is C51H68ClF2N9O7Os. The number of methoxy groups -OCH3 is 1. The van der Waals surface area contributed by atoms with Crippen molar-refractivity contribution in [2.24, 2.45) is 22.2 Å². The molecule has 0 radical (unpaired) electrons. The normalized spacial score (nSPS) is 22.6. The van der Waals surface area contributed by atoms with Crippen LogP contribution < -0.4 is 15.6 Å². The molecule has 3 aromatic rings. The number of nitrogens with zero attached hydrogens (tertiary/aromatic N) is 7. The number of likely N-dealkylation sites (tertiary alicyclic amines) is 1. The maximum absolute atomic E-state index is 16.7. The van der Waals surface area contributed by atoms with Crippen molar-refractivity contribution in [2.45, 2.75) is 110 Å². The van der Waals surface area contributed by atoms with Crippen LogP contribution in [0.1, 0.15) is 90.2 Å². The van der Waals surface area contributed by atoms with Crippen molar-refractivity contribution in [1.82, 2.24) is 35.1 Å². The average Bonchev–Trinajstić information content (AvgIpc) is 3.96. The second-order valence-electron chi connectivity index (χ2n) is 20.0. The van der Waals surface area contributed by atoms with Gasteiger partial charge in [-0.05, 0) is 19.9 Å². The molecule has 1 aromatic carbocycles. The molecule has 3 amide bonds. The Kier molecular flexibility index (Phi) is 17.7. The summed E-state index contributed by atoms with van der Waals surface area (Å²) in [6.07, 6.45) is 4.84. The van der Waals surface area contributed by atoms with Crippen molar-refractivity contribution in [3.8, 4) is 11.3 Å². The number of likely N-dealkylation sites (N-methyl/N-ethyl adjacent to an activating group) is 1. The van der Waals surface area contributed by atoms with E-state index in [9.17, 15) is 23.6 Å². The van der Waals surface area contributed by atoms with E-state index in [-0.39, 0.29) is 61.2 Å².